The molecular formula is C10H16N4O3S. The first-order valence-electron chi connectivity index (χ1n) is 5.32. The van der Waals surface area contributed by atoms with Crippen LogP contribution in [0.4, 0.5) is 10.5 Å². The zero-order valence-corrected chi connectivity index (χ0v) is 11.0. The smallest absolute Gasteiger partial charge is 0.325 e. The predicted molar refractivity (Wildman–Crippen MR) is 69.9 cm³/mol. The van der Waals surface area contributed by atoms with Gasteiger partial charge in [-0.1, -0.05) is 0 Å². The average molecular weight is 272 g/mol. The van der Waals surface area contributed by atoms with Crippen molar-refractivity contribution in [1.29, 1.82) is 0 Å². The van der Waals surface area contributed by atoms with Crippen LogP contribution in [0.25, 0.3) is 0 Å². The first-order chi connectivity index (χ1) is 8.51. The molecule has 2 amide bonds. The van der Waals surface area contributed by atoms with Gasteiger partial charge in [0.25, 0.3) is 0 Å². The van der Waals surface area contributed by atoms with E-state index in [0.717, 1.165) is 5.75 Å². The number of hydrogen-bond acceptors (Lipinski definition) is 4. The third-order valence-electron chi connectivity index (χ3n) is 1.98. The summed E-state index contributed by atoms with van der Waals surface area (Å²) >= 11 is 1.64. The lowest BCUT2D eigenvalue weighted by atomic mass is 10.4. The van der Waals surface area contributed by atoms with Gasteiger partial charge >= 0.3 is 12.0 Å². The van der Waals surface area contributed by atoms with Crippen molar-refractivity contribution in [3.63, 3.8) is 0 Å². The van der Waals surface area contributed by atoms with Crippen LogP contribution in [-0.2, 0) is 11.3 Å². The van der Waals surface area contributed by atoms with Gasteiger partial charge in [0, 0.05) is 18.0 Å². The minimum atomic E-state index is -0.984. The predicted octanol–water partition coefficient (Wildman–Crippen LogP) is 0.841. The highest BCUT2D eigenvalue weighted by molar-refractivity contribution is 7.98. The Labute approximate surface area is 109 Å². The zero-order chi connectivity index (χ0) is 13.5. The van der Waals surface area contributed by atoms with Crippen LogP contribution in [0, 0.1) is 0 Å². The molecule has 0 saturated heterocycles. The molecule has 0 aliphatic heterocycles. The average Bonchev–Trinajstić information content (AvgIpc) is 2.64. The summed E-state index contributed by atoms with van der Waals surface area (Å²) in [5.41, 5.74) is 0.463. The molecule has 0 aliphatic rings. The summed E-state index contributed by atoms with van der Waals surface area (Å²) in [7, 11) is 0. The summed E-state index contributed by atoms with van der Waals surface area (Å²) in [4.78, 5) is 22.0. The van der Waals surface area contributed by atoms with Crippen molar-refractivity contribution in [2.45, 2.75) is 19.5 Å². The lowest BCUT2D eigenvalue weighted by Crippen LogP contribution is -2.37. The first-order valence-corrected chi connectivity index (χ1v) is 6.71. The molecule has 18 heavy (non-hydrogen) atoms. The maximum Gasteiger partial charge on any atom is 0.325 e. The summed E-state index contributed by atoms with van der Waals surface area (Å²) in [5, 5.41) is 17.7. The van der Waals surface area contributed by atoms with E-state index in [2.05, 4.69) is 15.7 Å². The largest absolute Gasteiger partial charge is 0.480 e. The molecule has 1 rings (SSSR count). The van der Waals surface area contributed by atoms with Crippen molar-refractivity contribution in [1.82, 2.24) is 15.1 Å². The van der Waals surface area contributed by atoms with Crippen LogP contribution in [0.1, 0.15) is 6.92 Å². The highest BCUT2D eigenvalue weighted by Gasteiger charge is 2.08. The Morgan fingerprint density at radius 1 is 1.61 bits per heavy atom. The van der Waals surface area contributed by atoms with E-state index in [1.54, 1.807) is 11.8 Å². The van der Waals surface area contributed by atoms with Crippen molar-refractivity contribution < 1.29 is 14.7 Å². The van der Waals surface area contributed by atoms with E-state index in [1.165, 1.54) is 17.1 Å². The number of rotatable bonds is 6. The molecule has 0 saturated carbocycles. The van der Waals surface area contributed by atoms with Gasteiger partial charge in [0.15, 0.2) is 0 Å². The highest BCUT2D eigenvalue weighted by atomic mass is 32.2. The first kappa shape index (κ1) is 14.4. The molecule has 100 valence electrons. The fourth-order valence-corrected chi connectivity index (χ4v) is 1.92. The molecule has 0 bridgehead atoms. The molecule has 1 heterocycles. The van der Waals surface area contributed by atoms with Gasteiger partial charge in [0.05, 0.1) is 11.9 Å². The monoisotopic (exact) mass is 272 g/mol. The van der Waals surface area contributed by atoms with Crippen LogP contribution in [0.15, 0.2) is 12.4 Å². The van der Waals surface area contributed by atoms with Crippen molar-refractivity contribution >= 4 is 29.4 Å². The van der Waals surface area contributed by atoms with Gasteiger partial charge < -0.3 is 15.7 Å². The van der Waals surface area contributed by atoms with E-state index in [9.17, 15) is 9.59 Å². The quantitative estimate of drug-likeness (QED) is 0.713. The molecule has 8 heteroatoms. The van der Waals surface area contributed by atoms with Crippen LogP contribution >= 0.6 is 11.8 Å². The van der Waals surface area contributed by atoms with Crippen LogP contribution in [0.5, 0.6) is 0 Å². The van der Waals surface area contributed by atoms with Gasteiger partial charge in [-0.15, -0.1) is 0 Å². The normalized spacial score (nSPS) is 11.9. The highest BCUT2D eigenvalue weighted by Crippen LogP contribution is 2.04. The number of thioether (sulfide) groups is 1. The molecule has 1 atom stereocenters. The number of nitrogens with one attached hydrogen (secondary N) is 2. The fourth-order valence-electron chi connectivity index (χ4n) is 1.34. The molecule has 0 fully saturated rings. The third-order valence-corrected chi connectivity index (χ3v) is 2.82. The Morgan fingerprint density at radius 2 is 2.33 bits per heavy atom. The van der Waals surface area contributed by atoms with Crippen molar-refractivity contribution in [2.24, 2.45) is 0 Å². The van der Waals surface area contributed by atoms with Crippen LogP contribution in [0.2, 0.25) is 0 Å². The van der Waals surface area contributed by atoms with E-state index < -0.39 is 5.97 Å². The maximum atomic E-state index is 11.5. The summed E-state index contributed by atoms with van der Waals surface area (Å²) < 4.78 is 1.24. The Bertz CT molecular complexity index is 421. The number of aliphatic carboxylic acids is 1. The van der Waals surface area contributed by atoms with Gasteiger partial charge in [0.2, 0.25) is 0 Å². The van der Waals surface area contributed by atoms with E-state index in [4.69, 9.17) is 5.11 Å². The fraction of sp³-hybridized carbons (Fsp3) is 0.500. The number of carbonyl (C=O) groups is 2. The van der Waals surface area contributed by atoms with E-state index in [1.807, 2.05) is 13.2 Å². The number of aromatic nitrogens is 2. The van der Waals surface area contributed by atoms with Crippen molar-refractivity contribution in [2.75, 3.05) is 17.3 Å². The Kier molecular flexibility index (Phi) is 5.50. The van der Waals surface area contributed by atoms with Gasteiger partial charge in [-0.05, 0) is 13.2 Å². The van der Waals surface area contributed by atoms with Gasteiger partial charge in [-0.3, -0.25) is 9.48 Å². The maximum absolute atomic E-state index is 11.5. The van der Waals surface area contributed by atoms with Crippen molar-refractivity contribution in [3.05, 3.63) is 12.4 Å². The summed E-state index contributed by atoms with van der Waals surface area (Å²) in [5.74, 6) is -0.159. The minimum absolute atomic E-state index is 0.0639. The number of nitrogens with zero attached hydrogens (tertiary/aromatic N) is 2. The van der Waals surface area contributed by atoms with E-state index >= 15 is 0 Å². The third kappa shape index (κ3) is 5.09. The summed E-state index contributed by atoms with van der Waals surface area (Å²) in [6.07, 6.45) is 4.83. The van der Waals surface area contributed by atoms with Crippen LogP contribution < -0.4 is 10.6 Å². The Hall–Kier alpha value is -1.70. The second kappa shape index (κ2) is 6.90. The molecule has 1 aromatic heterocycles. The molecule has 0 spiro atoms. The number of carbonyl (C=O) groups excluding carboxylic acids is 1. The standard InChI is InChI=1S/C10H16N4O3S/c1-7(6-18-2)12-10(17)13-8-3-11-14(4-8)5-9(15)16/h3-4,7H,5-6H2,1-2H3,(H,15,16)(H2,12,13,17). The van der Waals surface area contributed by atoms with Gasteiger partial charge in [-0.25, -0.2) is 4.79 Å². The topological polar surface area (TPSA) is 96.3 Å². The van der Waals surface area contributed by atoms with Crippen LogP contribution in [0.3, 0.4) is 0 Å². The number of amides is 2. The molecule has 0 aliphatic carbocycles. The number of hydrogen-bond donors (Lipinski definition) is 3. The number of carboxylic acids is 1. The second-order valence-corrected chi connectivity index (χ2v) is 4.69. The SMILES string of the molecule is CSCC(C)NC(=O)Nc1cnn(CC(=O)O)c1. The molecule has 3 N–H and O–H groups in total. The van der Waals surface area contributed by atoms with Gasteiger partial charge in [-0.2, -0.15) is 16.9 Å². The molecule has 0 aromatic carbocycles. The molecule has 1 aromatic rings. The van der Waals surface area contributed by atoms with E-state index in [-0.39, 0.29) is 18.6 Å². The number of anilines is 1. The van der Waals surface area contributed by atoms with Gasteiger partial charge in [0.1, 0.15) is 6.54 Å². The molecule has 0 radical (unpaired) electrons. The Balaban J connectivity index is 2.44. The lowest BCUT2D eigenvalue weighted by Gasteiger charge is -2.12. The molecule has 7 nitrogen and oxygen atoms in total. The minimum Gasteiger partial charge on any atom is -0.480 e. The number of carboxylic acid groups (broad SMARTS) is 1. The number of urea groups is 1. The summed E-state index contributed by atoms with van der Waals surface area (Å²) in [6, 6.07) is -0.263. The van der Waals surface area contributed by atoms with E-state index in [0.29, 0.717) is 5.69 Å². The van der Waals surface area contributed by atoms with Crippen LogP contribution in [-0.4, -0.2) is 44.9 Å². The lowest BCUT2D eigenvalue weighted by molar-refractivity contribution is -0.137. The second-order valence-electron chi connectivity index (χ2n) is 3.78. The molecule has 1 unspecified atom stereocenters. The zero-order valence-electron chi connectivity index (χ0n) is 10.2. The Morgan fingerprint density at radius 3 is 2.94 bits per heavy atom. The molecular weight excluding hydrogens is 256 g/mol. The summed E-state index contributed by atoms with van der Waals surface area (Å²) in [6.45, 7) is 1.68. The van der Waals surface area contributed by atoms with Crippen molar-refractivity contribution in [3.8, 4) is 0 Å².